The zero-order chi connectivity index (χ0) is 14.3. The number of rotatable bonds is 3. The summed E-state index contributed by atoms with van der Waals surface area (Å²) in [6.07, 6.45) is 2.22. The molecule has 0 heterocycles. The van der Waals surface area contributed by atoms with Crippen LogP contribution in [0.2, 0.25) is 0 Å². The van der Waals surface area contributed by atoms with Crippen molar-refractivity contribution in [3.63, 3.8) is 0 Å². The Hall–Kier alpha value is -2.08. The molecule has 0 aliphatic heterocycles. The first-order valence-corrected chi connectivity index (χ1v) is 4.38. The highest BCUT2D eigenvalue weighted by Gasteiger charge is 1.88. The highest BCUT2D eigenvalue weighted by atomic mass is 35.5. The fourth-order valence-corrected chi connectivity index (χ4v) is 0.260. The summed E-state index contributed by atoms with van der Waals surface area (Å²) in [5.41, 5.74) is 1.22. The largest absolute Gasteiger partial charge is 0.478 e. The van der Waals surface area contributed by atoms with Crippen LogP contribution in [-0.4, -0.2) is 28.1 Å². The quantitative estimate of drug-likeness (QED) is 0.458. The van der Waals surface area contributed by atoms with Gasteiger partial charge in [0.05, 0.1) is 6.26 Å². The monoisotopic (exact) mass is 264 g/mol. The number of hydrogen-bond donors (Lipinski definition) is 2. The van der Waals surface area contributed by atoms with Gasteiger partial charge in [-0.2, -0.15) is 0 Å². The van der Waals surface area contributed by atoms with Crippen LogP contribution in [0.5, 0.6) is 0 Å². The molecule has 96 valence electrons. The molecule has 0 aliphatic carbocycles. The lowest BCUT2D eigenvalue weighted by Gasteiger charge is -1.83. The third-order valence-electron chi connectivity index (χ3n) is 0.618. The summed E-state index contributed by atoms with van der Waals surface area (Å²) in [6, 6.07) is 0. The van der Waals surface area contributed by atoms with E-state index in [1.54, 1.807) is 0 Å². The van der Waals surface area contributed by atoms with E-state index >= 15 is 0 Å². The van der Waals surface area contributed by atoms with Crippen LogP contribution in [0.1, 0.15) is 6.92 Å². The summed E-state index contributed by atoms with van der Waals surface area (Å²) >= 11 is 4.76. The minimum atomic E-state index is -1.26. The highest BCUT2D eigenvalue weighted by molar-refractivity contribution is 6.25. The summed E-state index contributed by atoms with van der Waals surface area (Å²) in [6.45, 7) is 7.61. The Morgan fingerprint density at radius 3 is 1.47 bits per heavy atom. The lowest BCUT2D eigenvalue weighted by molar-refractivity contribution is -0.135. The molecule has 7 heteroatoms. The van der Waals surface area contributed by atoms with E-state index in [2.05, 4.69) is 17.9 Å². The third kappa shape index (κ3) is 56.4. The van der Waals surface area contributed by atoms with Gasteiger partial charge in [-0.05, 0) is 5.54 Å². The van der Waals surface area contributed by atoms with Gasteiger partial charge in [-0.25, -0.2) is 9.59 Å². The van der Waals surface area contributed by atoms with Gasteiger partial charge in [0.1, 0.15) is 0 Å². The second-order valence-electron chi connectivity index (χ2n) is 1.94. The summed E-state index contributed by atoms with van der Waals surface area (Å²) in [5.74, 6) is -2.84. The second-order valence-corrected chi connectivity index (χ2v) is 2.25. The van der Waals surface area contributed by atoms with Gasteiger partial charge in [0.25, 0.3) is 0 Å². The standard InChI is InChI=1S/C4H4O4.C4H6O2.C2H3Cl/c5-3(6)1-2-4(7)8;1-3-6-4(2)5;1-2-3/h1-2H,(H,5,6)(H,7,8);3H,1H2,2H3;2H,1H2/b2-1+;;. The average molecular weight is 265 g/mol. The predicted molar refractivity (Wildman–Crippen MR) is 62.4 cm³/mol. The van der Waals surface area contributed by atoms with Crippen LogP contribution in [0.15, 0.2) is 37.1 Å². The van der Waals surface area contributed by atoms with Crippen LogP contribution < -0.4 is 0 Å². The van der Waals surface area contributed by atoms with Gasteiger partial charge in [-0.1, -0.05) is 24.8 Å². The number of esters is 1. The maximum atomic E-state index is 9.75. The van der Waals surface area contributed by atoms with Crippen LogP contribution in [-0.2, 0) is 19.1 Å². The molecule has 0 rings (SSSR count). The molecule has 0 aliphatic rings. The molecular formula is C10H13ClO6. The summed E-state index contributed by atoms with van der Waals surface area (Å²) < 4.78 is 4.17. The van der Waals surface area contributed by atoms with E-state index < -0.39 is 11.9 Å². The fourth-order valence-electron chi connectivity index (χ4n) is 0.260. The van der Waals surface area contributed by atoms with E-state index in [1.807, 2.05) is 0 Å². The minimum Gasteiger partial charge on any atom is -0.478 e. The zero-order valence-corrected chi connectivity index (χ0v) is 9.88. The normalized spacial score (nSPS) is 7.65. The van der Waals surface area contributed by atoms with Gasteiger partial charge in [0.2, 0.25) is 0 Å². The lowest BCUT2D eigenvalue weighted by atomic mass is 10.5. The first-order valence-electron chi connectivity index (χ1n) is 3.94. The Labute approximate surface area is 103 Å². The maximum absolute atomic E-state index is 9.75. The topological polar surface area (TPSA) is 101 Å². The SMILES string of the molecule is C=CCl.C=COC(C)=O.O=C(O)/C=C/C(=O)O. The van der Waals surface area contributed by atoms with E-state index in [9.17, 15) is 14.4 Å². The van der Waals surface area contributed by atoms with E-state index in [1.165, 1.54) is 12.5 Å². The Morgan fingerprint density at radius 1 is 1.12 bits per heavy atom. The molecule has 6 nitrogen and oxygen atoms in total. The van der Waals surface area contributed by atoms with Crippen molar-refractivity contribution in [1.82, 2.24) is 0 Å². The van der Waals surface area contributed by atoms with Gasteiger partial charge < -0.3 is 14.9 Å². The molecule has 0 fully saturated rings. The molecule has 0 amide bonds. The summed E-state index contributed by atoms with van der Waals surface area (Å²) in [7, 11) is 0. The van der Waals surface area contributed by atoms with Crippen LogP contribution in [0.25, 0.3) is 0 Å². The van der Waals surface area contributed by atoms with E-state index in [0.717, 1.165) is 6.26 Å². The number of carbonyl (C=O) groups is 3. The Balaban J connectivity index is -0.000000193. The maximum Gasteiger partial charge on any atom is 0.328 e. The molecule has 0 saturated carbocycles. The summed E-state index contributed by atoms with van der Waals surface area (Å²) in [5, 5.41) is 15.6. The molecule has 0 bridgehead atoms. The second kappa shape index (κ2) is 16.4. The number of carboxylic acid groups (broad SMARTS) is 2. The van der Waals surface area contributed by atoms with Crippen LogP contribution >= 0.6 is 11.6 Å². The van der Waals surface area contributed by atoms with E-state index in [4.69, 9.17) is 21.8 Å². The molecular weight excluding hydrogens is 252 g/mol. The predicted octanol–water partition coefficient (Wildman–Crippen LogP) is 1.77. The Kier molecular flexibility index (Phi) is 19.6. The number of ether oxygens (including phenoxy) is 1. The average Bonchev–Trinajstić information content (AvgIpc) is 2.16. The lowest BCUT2D eigenvalue weighted by Crippen LogP contribution is -1.91. The van der Waals surface area contributed by atoms with Crippen molar-refractivity contribution >= 4 is 29.5 Å². The fraction of sp³-hybridized carbons (Fsp3) is 0.100. The molecule has 0 unspecified atom stereocenters. The van der Waals surface area contributed by atoms with Crippen molar-refractivity contribution in [1.29, 1.82) is 0 Å². The van der Waals surface area contributed by atoms with Crippen molar-refractivity contribution in [2.24, 2.45) is 0 Å². The van der Waals surface area contributed by atoms with Crippen molar-refractivity contribution in [3.8, 4) is 0 Å². The van der Waals surface area contributed by atoms with E-state index in [0.29, 0.717) is 12.2 Å². The number of halogens is 1. The first kappa shape index (κ1) is 20.3. The highest BCUT2D eigenvalue weighted by Crippen LogP contribution is 1.71. The molecule has 0 aromatic carbocycles. The molecule has 17 heavy (non-hydrogen) atoms. The Bertz CT molecular complexity index is 279. The summed E-state index contributed by atoms with van der Waals surface area (Å²) in [4.78, 5) is 28.9. The van der Waals surface area contributed by atoms with Crippen molar-refractivity contribution in [3.05, 3.63) is 37.1 Å². The molecule has 0 aromatic heterocycles. The molecule has 0 atom stereocenters. The Morgan fingerprint density at radius 2 is 1.41 bits per heavy atom. The molecule has 0 spiro atoms. The van der Waals surface area contributed by atoms with Gasteiger partial charge in [0.15, 0.2) is 0 Å². The van der Waals surface area contributed by atoms with Crippen molar-refractivity contribution in [2.45, 2.75) is 6.92 Å². The van der Waals surface area contributed by atoms with Crippen molar-refractivity contribution in [2.75, 3.05) is 0 Å². The third-order valence-corrected chi connectivity index (χ3v) is 0.618. The molecule has 0 aromatic rings. The van der Waals surface area contributed by atoms with Crippen molar-refractivity contribution < 1.29 is 29.3 Å². The number of carboxylic acids is 2. The molecule has 0 radical (unpaired) electrons. The molecule has 0 saturated heterocycles. The minimum absolute atomic E-state index is 0.329. The van der Waals surface area contributed by atoms with Crippen LogP contribution in [0, 0.1) is 0 Å². The number of aliphatic carboxylic acids is 2. The number of carbonyl (C=O) groups excluding carboxylic acids is 1. The van der Waals surface area contributed by atoms with Gasteiger partial charge in [-0.3, -0.25) is 4.79 Å². The van der Waals surface area contributed by atoms with Crippen LogP contribution in [0.3, 0.4) is 0 Å². The van der Waals surface area contributed by atoms with Gasteiger partial charge in [-0.15, -0.1) is 0 Å². The van der Waals surface area contributed by atoms with Crippen LogP contribution in [0.4, 0.5) is 0 Å². The zero-order valence-electron chi connectivity index (χ0n) is 9.13. The first-order chi connectivity index (χ1) is 7.81. The smallest absolute Gasteiger partial charge is 0.328 e. The van der Waals surface area contributed by atoms with Gasteiger partial charge in [0, 0.05) is 19.1 Å². The number of hydrogen-bond acceptors (Lipinski definition) is 4. The van der Waals surface area contributed by atoms with Gasteiger partial charge >= 0.3 is 17.9 Å². The molecule has 2 N–H and O–H groups in total. The van der Waals surface area contributed by atoms with E-state index in [-0.39, 0.29) is 5.97 Å².